The minimum Gasteiger partial charge on any atom is -0.458 e. The summed E-state index contributed by atoms with van der Waals surface area (Å²) in [6, 6.07) is -0.684. The first kappa shape index (κ1) is 20.5. The minimum atomic E-state index is -0.684. The van der Waals surface area contributed by atoms with Gasteiger partial charge in [-0.3, -0.25) is 0 Å². The van der Waals surface area contributed by atoms with E-state index in [-0.39, 0.29) is 0 Å². The summed E-state index contributed by atoms with van der Waals surface area (Å²) in [6.07, 6.45) is 0.734. The van der Waals surface area contributed by atoms with E-state index in [2.05, 4.69) is 34.8 Å². The van der Waals surface area contributed by atoms with Crippen LogP contribution in [-0.4, -0.2) is 33.2 Å². The molecule has 0 saturated carbocycles. The van der Waals surface area contributed by atoms with Crippen molar-refractivity contribution >= 4 is 34.7 Å². The molecular weight excluding hydrogens is 385 g/mol. The number of ether oxygens (including phenoxy) is 2. The zero-order valence-electron chi connectivity index (χ0n) is 14.1. The monoisotopic (exact) mass is 413 g/mol. The van der Waals surface area contributed by atoms with E-state index in [0.717, 1.165) is 6.42 Å². The zero-order chi connectivity index (χ0) is 16.8. The summed E-state index contributed by atoms with van der Waals surface area (Å²) in [7, 11) is 0. The molecule has 0 aromatic carbocycles. The molecule has 124 valence electrons. The van der Waals surface area contributed by atoms with Crippen LogP contribution in [-0.2, 0) is 14.3 Å². The van der Waals surface area contributed by atoms with E-state index in [1.165, 1.54) is 0 Å². The fourth-order valence-corrected chi connectivity index (χ4v) is 1.83. The number of esters is 1. The average Bonchev–Trinajstić information content (AvgIpc) is 2.18. The van der Waals surface area contributed by atoms with Crippen molar-refractivity contribution in [1.82, 2.24) is 5.32 Å². The third-order valence-electron chi connectivity index (χ3n) is 2.24. The van der Waals surface area contributed by atoms with Gasteiger partial charge in [-0.2, -0.15) is 0 Å². The highest BCUT2D eigenvalue weighted by Crippen LogP contribution is 2.15. The lowest BCUT2D eigenvalue weighted by Gasteiger charge is -2.26. The normalized spacial score (nSPS) is 15.0. The van der Waals surface area contributed by atoms with Gasteiger partial charge in [0.1, 0.15) is 17.2 Å². The largest absolute Gasteiger partial charge is 0.458 e. The molecule has 0 radical (unpaired) electrons. The second-order valence-electron chi connectivity index (χ2n) is 7.09. The van der Waals surface area contributed by atoms with Gasteiger partial charge in [0.05, 0.1) is 0 Å². The van der Waals surface area contributed by atoms with Crippen molar-refractivity contribution in [3.8, 4) is 0 Å². The van der Waals surface area contributed by atoms with Crippen LogP contribution in [0.2, 0.25) is 0 Å². The predicted octanol–water partition coefficient (Wildman–Crippen LogP) is 3.83. The van der Waals surface area contributed by atoms with Gasteiger partial charge in [-0.15, -0.1) is 0 Å². The number of carbonyl (C=O) groups excluding carboxylic acids is 2. The highest BCUT2D eigenvalue weighted by atomic mass is 127. The minimum absolute atomic E-state index is 0.410. The fraction of sp³-hybridized carbons (Fsp3) is 0.867. The molecule has 2 atom stereocenters. The second-order valence-corrected chi connectivity index (χ2v) is 9.22. The molecule has 0 rings (SSSR count). The molecule has 0 heterocycles. The molecule has 0 aliphatic carbocycles. The summed E-state index contributed by atoms with van der Waals surface area (Å²) in [5, 5.41) is 2.61. The summed E-state index contributed by atoms with van der Waals surface area (Å²) in [4.78, 5) is 24.0. The summed E-state index contributed by atoms with van der Waals surface area (Å²) in [6.45, 7) is 12.8. The van der Waals surface area contributed by atoms with Crippen LogP contribution >= 0.6 is 22.6 Å². The summed E-state index contributed by atoms with van der Waals surface area (Å²) in [5.74, 6) is -0.426. The lowest BCUT2D eigenvalue weighted by Crippen LogP contribution is -2.46. The zero-order valence-corrected chi connectivity index (χ0v) is 16.2. The number of amides is 1. The van der Waals surface area contributed by atoms with E-state index in [4.69, 9.17) is 9.47 Å². The Hall–Kier alpha value is -0.530. The molecular formula is C15H28INO4. The van der Waals surface area contributed by atoms with Gasteiger partial charge < -0.3 is 14.8 Å². The Labute approximate surface area is 141 Å². The maximum absolute atomic E-state index is 12.2. The molecule has 0 aromatic heterocycles. The van der Waals surface area contributed by atoms with Crippen molar-refractivity contribution in [2.45, 2.75) is 82.5 Å². The first-order valence-electron chi connectivity index (χ1n) is 7.16. The van der Waals surface area contributed by atoms with Gasteiger partial charge in [0.25, 0.3) is 0 Å². The Morgan fingerprint density at radius 2 is 1.48 bits per heavy atom. The summed E-state index contributed by atoms with van der Waals surface area (Å²) >= 11 is 2.29. The molecule has 6 heteroatoms. The molecule has 0 spiro atoms. The lowest BCUT2D eigenvalue weighted by atomic mass is 10.1. The number of hydrogen-bond donors (Lipinski definition) is 1. The number of alkyl carbamates (subject to hydrolysis) is 1. The standard InChI is InChI=1S/C15H28INO4/c1-10(16)8-9-11(12(18)20-14(2,3)4)17-13(19)21-15(5,6)7/h10-11H,8-9H2,1-7H3,(H,17,19)/t10?,11-/m1/s1. The fourth-order valence-electron chi connectivity index (χ4n) is 1.47. The average molecular weight is 413 g/mol. The molecule has 0 aliphatic rings. The van der Waals surface area contributed by atoms with Crippen LogP contribution in [0.1, 0.15) is 61.3 Å². The summed E-state index contributed by atoms with van der Waals surface area (Å²) < 4.78 is 11.0. The first-order chi connectivity index (χ1) is 9.30. The topological polar surface area (TPSA) is 64.6 Å². The van der Waals surface area contributed by atoms with E-state index in [9.17, 15) is 9.59 Å². The summed E-state index contributed by atoms with van der Waals surface area (Å²) in [5.41, 5.74) is -1.18. The van der Waals surface area contributed by atoms with Crippen molar-refractivity contribution < 1.29 is 19.1 Å². The number of rotatable bonds is 5. The molecule has 5 nitrogen and oxygen atoms in total. The molecule has 0 aromatic rings. The van der Waals surface area contributed by atoms with Crippen molar-refractivity contribution in [3.05, 3.63) is 0 Å². The number of alkyl halides is 1. The maximum atomic E-state index is 12.2. The maximum Gasteiger partial charge on any atom is 0.408 e. The van der Waals surface area contributed by atoms with Crippen molar-refractivity contribution in [2.24, 2.45) is 0 Å². The third kappa shape index (κ3) is 11.8. The van der Waals surface area contributed by atoms with Crippen LogP contribution in [0.25, 0.3) is 0 Å². The SMILES string of the molecule is CC(I)CC[C@@H](NC(=O)OC(C)(C)C)C(=O)OC(C)(C)C. The van der Waals surface area contributed by atoms with Crippen LogP contribution in [0.15, 0.2) is 0 Å². The number of carbonyl (C=O) groups is 2. The molecule has 1 N–H and O–H groups in total. The van der Waals surface area contributed by atoms with Crippen LogP contribution < -0.4 is 5.32 Å². The van der Waals surface area contributed by atoms with Crippen LogP contribution in [0.3, 0.4) is 0 Å². The van der Waals surface area contributed by atoms with Gasteiger partial charge in [-0.05, 0) is 54.4 Å². The Kier molecular flexibility index (Phi) is 7.99. The van der Waals surface area contributed by atoms with Gasteiger partial charge in [0.2, 0.25) is 0 Å². The molecule has 1 amide bonds. The van der Waals surface area contributed by atoms with Gasteiger partial charge in [-0.1, -0.05) is 29.5 Å². The third-order valence-corrected chi connectivity index (χ3v) is 2.86. The quantitative estimate of drug-likeness (QED) is 0.423. The van der Waals surface area contributed by atoms with Gasteiger partial charge in [0.15, 0.2) is 0 Å². The molecule has 21 heavy (non-hydrogen) atoms. The highest BCUT2D eigenvalue weighted by Gasteiger charge is 2.28. The highest BCUT2D eigenvalue weighted by molar-refractivity contribution is 14.1. The molecule has 0 saturated heterocycles. The van der Waals surface area contributed by atoms with Crippen molar-refractivity contribution in [3.63, 3.8) is 0 Å². The van der Waals surface area contributed by atoms with Gasteiger partial charge in [0, 0.05) is 3.92 Å². The lowest BCUT2D eigenvalue weighted by molar-refractivity contribution is -0.157. The van der Waals surface area contributed by atoms with Crippen LogP contribution in [0, 0.1) is 0 Å². The molecule has 0 bridgehead atoms. The van der Waals surface area contributed by atoms with E-state index >= 15 is 0 Å². The number of hydrogen-bond acceptors (Lipinski definition) is 4. The number of nitrogens with one attached hydrogen (secondary N) is 1. The Bertz CT molecular complexity index is 356. The van der Waals surface area contributed by atoms with Gasteiger partial charge >= 0.3 is 12.1 Å². The van der Waals surface area contributed by atoms with Gasteiger partial charge in [-0.25, -0.2) is 9.59 Å². The van der Waals surface area contributed by atoms with Crippen LogP contribution in [0.4, 0.5) is 4.79 Å². The Morgan fingerprint density at radius 1 is 1.00 bits per heavy atom. The molecule has 0 fully saturated rings. The van der Waals surface area contributed by atoms with Crippen molar-refractivity contribution in [2.75, 3.05) is 0 Å². The molecule has 1 unspecified atom stereocenters. The van der Waals surface area contributed by atoms with E-state index in [1.807, 2.05) is 0 Å². The second kappa shape index (κ2) is 8.19. The predicted molar refractivity (Wildman–Crippen MR) is 91.7 cm³/mol. The smallest absolute Gasteiger partial charge is 0.408 e. The van der Waals surface area contributed by atoms with Crippen molar-refractivity contribution in [1.29, 1.82) is 0 Å². The number of halogens is 1. The van der Waals surface area contributed by atoms with E-state index in [0.29, 0.717) is 10.3 Å². The van der Waals surface area contributed by atoms with Crippen LogP contribution in [0.5, 0.6) is 0 Å². The van der Waals surface area contributed by atoms with E-state index in [1.54, 1.807) is 41.5 Å². The Balaban J connectivity index is 4.73. The molecule has 0 aliphatic heterocycles. The first-order valence-corrected chi connectivity index (χ1v) is 8.41. The Morgan fingerprint density at radius 3 is 1.86 bits per heavy atom. The van der Waals surface area contributed by atoms with E-state index < -0.39 is 29.3 Å².